The first-order valence-corrected chi connectivity index (χ1v) is 6.44. The van der Waals surface area contributed by atoms with Crippen molar-refractivity contribution in [2.75, 3.05) is 12.8 Å². The summed E-state index contributed by atoms with van der Waals surface area (Å²) in [6.45, 7) is 1.80. The van der Waals surface area contributed by atoms with Crippen molar-refractivity contribution in [1.29, 1.82) is 0 Å². The van der Waals surface area contributed by atoms with E-state index >= 15 is 0 Å². The molecule has 0 saturated carbocycles. The lowest BCUT2D eigenvalue weighted by molar-refractivity contribution is -0.134. The smallest absolute Gasteiger partial charge is 0.330 e. The van der Waals surface area contributed by atoms with E-state index in [9.17, 15) is 9.90 Å². The molecule has 3 N–H and O–H groups in total. The number of aromatic nitrogens is 2. The minimum Gasteiger partial charge on any atom is -0.507 e. The quantitative estimate of drug-likeness (QED) is 0.506. The molecule has 0 atom stereocenters. The number of nitrogen functional groups attached to an aromatic ring is 1. The highest BCUT2D eigenvalue weighted by Gasteiger charge is 2.02. The van der Waals surface area contributed by atoms with Crippen LogP contribution in [-0.2, 0) is 9.53 Å². The van der Waals surface area contributed by atoms with Gasteiger partial charge in [0, 0.05) is 11.6 Å². The SMILES string of the molecule is COC(=O)C=Cc1ccc(O)c(C=Nn2cc(C)nc2N)c1. The molecular formula is C15H16N4O3. The summed E-state index contributed by atoms with van der Waals surface area (Å²) in [7, 11) is 1.30. The van der Waals surface area contributed by atoms with Gasteiger partial charge in [-0.2, -0.15) is 5.10 Å². The van der Waals surface area contributed by atoms with Crippen molar-refractivity contribution in [3.63, 3.8) is 0 Å². The zero-order valence-electron chi connectivity index (χ0n) is 12.2. The van der Waals surface area contributed by atoms with Gasteiger partial charge in [-0.15, -0.1) is 0 Å². The molecule has 7 nitrogen and oxygen atoms in total. The number of aryl methyl sites for hydroxylation is 1. The minimum absolute atomic E-state index is 0.0642. The van der Waals surface area contributed by atoms with Crippen LogP contribution in [0.5, 0.6) is 5.75 Å². The van der Waals surface area contributed by atoms with Gasteiger partial charge >= 0.3 is 5.97 Å². The number of hydrogen-bond acceptors (Lipinski definition) is 6. The Morgan fingerprint density at radius 1 is 1.50 bits per heavy atom. The molecule has 0 aliphatic carbocycles. The number of phenols is 1. The highest BCUT2D eigenvalue weighted by molar-refractivity contribution is 5.88. The van der Waals surface area contributed by atoms with Gasteiger partial charge in [0.1, 0.15) is 5.75 Å². The van der Waals surface area contributed by atoms with E-state index < -0.39 is 5.97 Å². The lowest BCUT2D eigenvalue weighted by Gasteiger charge is -2.01. The monoisotopic (exact) mass is 300 g/mol. The van der Waals surface area contributed by atoms with Crippen LogP contribution in [-0.4, -0.2) is 34.1 Å². The van der Waals surface area contributed by atoms with Crippen LogP contribution < -0.4 is 5.73 Å². The maximum Gasteiger partial charge on any atom is 0.330 e. The van der Waals surface area contributed by atoms with Gasteiger partial charge in [0.25, 0.3) is 0 Å². The molecule has 0 fully saturated rings. The normalized spacial score (nSPS) is 11.4. The molecule has 0 spiro atoms. The summed E-state index contributed by atoms with van der Waals surface area (Å²) in [5.74, 6) is -0.130. The van der Waals surface area contributed by atoms with Gasteiger partial charge in [0.05, 0.1) is 25.2 Å². The van der Waals surface area contributed by atoms with Gasteiger partial charge in [-0.25, -0.2) is 14.5 Å². The first kappa shape index (κ1) is 15.3. The van der Waals surface area contributed by atoms with Gasteiger partial charge in [0.15, 0.2) is 0 Å². The first-order chi connectivity index (χ1) is 10.5. The Kier molecular flexibility index (Phi) is 4.57. The van der Waals surface area contributed by atoms with Crippen LogP contribution in [0.25, 0.3) is 6.08 Å². The van der Waals surface area contributed by atoms with E-state index in [-0.39, 0.29) is 11.7 Å². The Morgan fingerprint density at radius 2 is 2.27 bits per heavy atom. The molecule has 1 aromatic carbocycles. The van der Waals surface area contributed by atoms with Gasteiger partial charge < -0.3 is 15.6 Å². The zero-order valence-corrected chi connectivity index (χ0v) is 12.2. The van der Waals surface area contributed by atoms with Crippen LogP contribution in [0, 0.1) is 6.92 Å². The number of benzene rings is 1. The molecule has 7 heteroatoms. The van der Waals surface area contributed by atoms with E-state index in [1.165, 1.54) is 30.1 Å². The number of phenolic OH excluding ortho intramolecular Hbond substituents is 1. The Labute approximate surface area is 127 Å². The number of anilines is 1. The average Bonchev–Trinajstić information content (AvgIpc) is 2.82. The lowest BCUT2D eigenvalue weighted by atomic mass is 10.1. The summed E-state index contributed by atoms with van der Waals surface area (Å²) in [6, 6.07) is 4.86. The molecule has 22 heavy (non-hydrogen) atoms. The second-order valence-corrected chi connectivity index (χ2v) is 4.50. The molecule has 0 unspecified atom stereocenters. The van der Waals surface area contributed by atoms with E-state index in [0.29, 0.717) is 5.56 Å². The van der Waals surface area contributed by atoms with E-state index in [2.05, 4.69) is 14.8 Å². The third kappa shape index (κ3) is 3.72. The number of carbonyl (C=O) groups excluding carboxylic acids is 1. The minimum atomic E-state index is -0.454. The van der Waals surface area contributed by atoms with Crippen molar-refractivity contribution in [3.05, 3.63) is 47.3 Å². The van der Waals surface area contributed by atoms with Crippen molar-refractivity contribution >= 4 is 24.2 Å². The number of carbonyl (C=O) groups is 1. The largest absolute Gasteiger partial charge is 0.507 e. The Bertz CT molecular complexity index is 747. The first-order valence-electron chi connectivity index (χ1n) is 6.44. The molecule has 114 valence electrons. The molecule has 2 rings (SSSR count). The van der Waals surface area contributed by atoms with Crippen LogP contribution in [0.1, 0.15) is 16.8 Å². The number of methoxy groups -OCH3 is 1. The van der Waals surface area contributed by atoms with Crippen LogP contribution in [0.3, 0.4) is 0 Å². The van der Waals surface area contributed by atoms with E-state index in [1.807, 2.05) is 0 Å². The van der Waals surface area contributed by atoms with Crippen molar-refractivity contribution in [2.24, 2.45) is 5.10 Å². The summed E-state index contributed by atoms with van der Waals surface area (Å²) in [6.07, 6.45) is 6.01. The third-order valence-corrected chi connectivity index (χ3v) is 2.82. The average molecular weight is 300 g/mol. The fourth-order valence-corrected chi connectivity index (χ4v) is 1.73. The van der Waals surface area contributed by atoms with Crippen LogP contribution in [0.2, 0.25) is 0 Å². The number of nitrogens with zero attached hydrogens (tertiary/aromatic N) is 3. The number of ether oxygens (including phenoxy) is 1. The summed E-state index contributed by atoms with van der Waals surface area (Å²) in [5.41, 5.74) is 7.63. The molecule has 1 heterocycles. The van der Waals surface area contributed by atoms with Crippen LogP contribution in [0.4, 0.5) is 5.95 Å². The third-order valence-electron chi connectivity index (χ3n) is 2.82. The number of nitrogens with two attached hydrogens (primary N) is 1. The number of rotatable bonds is 4. The van der Waals surface area contributed by atoms with Gasteiger partial charge in [0.2, 0.25) is 5.95 Å². The number of aromatic hydroxyl groups is 1. The van der Waals surface area contributed by atoms with Crippen molar-refractivity contribution in [1.82, 2.24) is 9.66 Å². The molecule has 0 radical (unpaired) electrons. The Hall–Kier alpha value is -3.09. The predicted molar refractivity (Wildman–Crippen MR) is 83.5 cm³/mol. The van der Waals surface area contributed by atoms with Crippen molar-refractivity contribution in [2.45, 2.75) is 6.92 Å². The van der Waals surface area contributed by atoms with Gasteiger partial charge in [-0.3, -0.25) is 0 Å². The van der Waals surface area contributed by atoms with Crippen molar-refractivity contribution < 1.29 is 14.6 Å². The van der Waals surface area contributed by atoms with E-state index in [4.69, 9.17) is 5.73 Å². The molecule has 0 saturated heterocycles. The Balaban J connectivity index is 2.25. The summed E-state index contributed by atoms with van der Waals surface area (Å²) >= 11 is 0. The molecule has 2 aromatic rings. The lowest BCUT2D eigenvalue weighted by Crippen LogP contribution is -1.97. The summed E-state index contributed by atoms with van der Waals surface area (Å²) in [5, 5.41) is 14.0. The second-order valence-electron chi connectivity index (χ2n) is 4.50. The summed E-state index contributed by atoms with van der Waals surface area (Å²) < 4.78 is 5.93. The van der Waals surface area contributed by atoms with Gasteiger partial charge in [-0.05, 0) is 30.7 Å². The van der Waals surface area contributed by atoms with Gasteiger partial charge in [-0.1, -0.05) is 6.07 Å². The highest BCUT2D eigenvalue weighted by Crippen LogP contribution is 2.18. The van der Waals surface area contributed by atoms with E-state index in [0.717, 1.165) is 11.3 Å². The maximum atomic E-state index is 11.1. The van der Waals surface area contributed by atoms with E-state index in [1.54, 1.807) is 31.3 Å². The fourth-order valence-electron chi connectivity index (χ4n) is 1.73. The second kappa shape index (κ2) is 6.57. The predicted octanol–water partition coefficient (Wildman–Crippen LogP) is 1.55. The number of imidazole rings is 1. The molecular weight excluding hydrogens is 284 g/mol. The molecule has 0 aliphatic heterocycles. The standard InChI is InChI=1S/C15H16N4O3/c1-10-9-19(15(16)18-10)17-8-12-7-11(3-5-13(12)20)4-6-14(21)22-2/h3-9,20H,1-2H3,(H2,16,18). The van der Waals surface area contributed by atoms with Crippen molar-refractivity contribution in [3.8, 4) is 5.75 Å². The maximum absolute atomic E-state index is 11.1. The number of hydrogen-bond donors (Lipinski definition) is 2. The van der Waals surface area contributed by atoms with Crippen LogP contribution >= 0.6 is 0 Å². The fraction of sp³-hybridized carbons (Fsp3) is 0.133. The molecule has 0 amide bonds. The number of esters is 1. The highest BCUT2D eigenvalue weighted by atomic mass is 16.5. The topological polar surface area (TPSA) is 103 Å². The zero-order chi connectivity index (χ0) is 16.1. The Morgan fingerprint density at radius 3 is 2.91 bits per heavy atom. The molecule has 0 aliphatic rings. The van der Waals surface area contributed by atoms with Crippen LogP contribution in [0.15, 0.2) is 35.6 Å². The molecule has 0 bridgehead atoms. The molecule has 1 aromatic heterocycles. The summed E-state index contributed by atoms with van der Waals surface area (Å²) in [4.78, 5) is 15.1.